The molecule has 0 fully saturated rings. The van der Waals surface area contributed by atoms with Gasteiger partial charge in [-0.15, -0.1) is 0 Å². The summed E-state index contributed by atoms with van der Waals surface area (Å²) < 4.78 is 14.8. The molecule has 0 spiro atoms. The van der Waals surface area contributed by atoms with Gasteiger partial charge in [0.2, 0.25) is 0 Å². The van der Waals surface area contributed by atoms with Gasteiger partial charge in [0, 0.05) is 49.9 Å². The van der Waals surface area contributed by atoms with E-state index in [0.29, 0.717) is 0 Å². The van der Waals surface area contributed by atoms with Crippen molar-refractivity contribution in [1.82, 2.24) is 0 Å². The molecule has 494 valence electrons. The van der Waals surface area contributed by atoms with Crippen LogP contribution in [0.3, 0.4) is 0 Å². The average molecular weight is 1290 g/mol. The SMILES string of the molecule is CC(C)(C)c1ccc(N(c2ccc(C(C)(C)C)cc2)c2cc3c(c4c2C(C)(C)c2ccccc2-4)-c2c(cc(N(c4ccc(C(C)(C)C)cc4)c4ccc(C(C)(C)C)cc4)c4c2oc2ccccc24)C3(c2ccc(C(C)(C)C)cc2)c2ccc3oc4ccc(C(C)(C)C)cc4c3c2)cc1. The van der Waals surface area contributed by atoms with Crippen molar-refractivity contribution in [1.29, 1.82) is 0 Å². The fraction of sp³-hybridized carbons (Fsp3) is 0.298. The van der Waals surface area contributed by atoms with Crippen LogP contribution in [-0.2, 0) is 43.3 Å². The Bertz CT molecular complexity index is 5180. The second kappa shape index (κ2) is 22.1. The number of fused-ring (bicyclic) bond motifs is 14. The van der Waals surface area contributed by atoms with Gasteiger partial charge in [-0.25, -0.2) is 0 Å². The van der Waals surface area contributed by atoms with E-state index in [4.69, 9.17) is 8.83 Å². The van der Waals surface area contributed by atoms with Gasteiger partial charge < -0.3 is 18.6 Å². The number of para-hydroxylation sites is 1. The average Bonchev–Trinajstić information content (AvgIpc) is 1.49. The van der Waals surface area contributed by atoms with Crippen molar-refractivity contribution >= 4 is 78.0 Å². The van der Waals surface area contributed by atoms with Gasteiger partial charge in [0.15, 0.2) is 0 Å². The first kappa shape index (κ1) is 64.6. The molecule has 2 aliphatic rings. The number of rotatable bonds is 8. The summed E-state index contributed by atoms with van der Waals surface area (Å²) in [6.07, 6.45) is 0. The number of anilines is 6. The van der Waals surface area contributed by atoms with Crippen molar-refractivity contribution in [3.63, 3.8) is 0 Å². The Balaban J connectivity index is 1.18. The van der Waals surface area contributed by atoms with Crippen LogP contribution in [0.1, 0.15) is 205 Å². The Kier molecular flexibility index (Phi) is 14.5. The van der Waals surface area contributed by atoms with Gasteiger partial charge in [-0.1, -0.05) is 266 Å². The number of nitrogens with zero attached hydrogens (tertiary/aromatic N) is 2. The molecule has 13 aromatic rings. The fourth-order valence-electron chi connectivity index (χ4n) is 16.2. The minimum absolute atomic E-state index is 0.0536. The second-order valence-electron chi connectivity index (χ2n) is 35.1. The molecule has 0 aliphatic heterocycles. The van der Waals surface area contributed by atoms with Crippen molar-refractivity contribution in [3.05, 3.63) is 285 Å². The lowest BCUT2D eigenvalue weighted by molar-refractivity contribution is 0.589. The molecular weight excluding hydrogens is 1190 g/mol. The minimum atomic E-state index is -1.02. The molecular formula is C94H96N2O2. The largest absolute Gasteiger partial charge is 0.456 e. The highest BCUT2D eigenvalue weighted by Crippen LogP contribution is 2.68. The van der Waals surface area contributed by atoms with Gasteiger partial charge in [0.25, 0.3) is 0 Å². The topological polar surface area (TPSA) is 32.8 Å². The number of benzene rings is 11. The third kappa shape index (κ3) is 10.3. The molecule has 2 aromatic heterocycles. The molecule has 15 rings (SSSR count). The zero-order valence-electron chi connectivity index (χ0n) is 61.5. The van der Waals surface area contributed by atoms with Crippen LogP contribution < -0.4 is 9.80 Å². The molecule has 11 aromatic carbocycles. The molecule has 0 N–H and O–H groups in total. The van der Waals surface area contributed by atoms with Crippen molar-refractivity contribution < 1.29 is 8.83 Å². The number of hydrogen-bond donors (Lipinski definition) is 0. The summed E-state index contributed by atoms with van der Waals surface area (Å²) >= 11 is 0. The minimum Gasteiger partial charge on any atom is -0.456 e. The number of hydrogen-bond acceptors (Lipinski definition) is 4. The van der Waals surface area contributed by atoms with E-state index in [0.717, 1.165) is 100 Å². The third-order valence-corrected chi connectivity index (χ3v) is 21.9. The summed E-state index contributed by atoms with van der Waals surface area (Å²) in [6, 6.07) is 84.5. The molecule has 0 saturated carbocycles. The first-order valence-corrected chi connectivity index (χ1v) is 35.6. The van der Waals surface area contributed by atoms with Crippen molar-refractivity contribution in [2.24, 2.45) is 0 Å². The molecule has 0 saturated heterocycles. The molecule has 2 heterocycles. The van der Waals surface area contributed by atoms with Crippen LogP contribution in [-0.4, -0.2) is 0 Å². The molecule has 0 bridgehead atoms. The standard InChI is InChI=1S/C94H96N2O2/c1-87(2,3)57-29-31-62(32-30-57)94(64-42-52-80-72(54-64)71-53-63(92(16,17)18)41-51-79(71)97-80)74-56-77(96(67-47-37-60(38-48-67)90(10,11)12)68-49-39-61(40-50-68)91(13,14)15)85-82(69-25-21-23-27-73(69)93(85,19)20)83(74)84-75(94)55-76(81-70-26-22-24-28-78(70)98-86(81)84)95(65-43-33-58(34-44-65)88(4,5)6)66-45-35-59(36-46-66)89(7,8)9/h21-56H,1-20H3. The smallest absolute Gasteiger partial charge is 0.145 e. The van der Waals surface area contributed by atoms with Crippen molar-refractivity contribution in [2.75, 3.05) is 9.80 Å². The summed E-state index contributed by atoms with van der Waals surface area (Å²) in [5.74, 6) is 0. The molecule has 98 heavy (non-hydrogen) atoms. The molecule has 0 radical (unpaired) electrons. The molecule has 0 amide bonds. The van der Waals surface area contributed by atoms with Gasteiger partial charge in [0.05, 0.1) is 22.2 Å². The maximum atomic E-state index is 7.87. The van der Waals surface area contributed by atoms with Gasteiger partial charge in [-0.05, 0) is 207 Å². The van der Waals surface area contributed by atoms with E-state index < -0.39 is 10.8 Å². The monoisotopic (exact) mass is 1280 g/mol. The number of furan rings is 2. The molecule has 1 unspecified atom stereocenters. The van der Waals surface area contributed by atoms with Crippen LogP contribution in [0.4, 0.5) is 34.1 Å². The normalized spacial score (nSPS) is 15.5. The summed E-state index contributed by atoms with van der Waals surface area (Å²) in [4.78, 5) is 5.12. The van der Waals surface area contributed by atoms with E-state index in [1.807, 2.05) is 0 Å². The lowest BCUT2D eigenvalue weighted by Gasteiger charge is -2.38. The zero-order chi connectivity index (χ0) is 69.3. The van der Waals surface area contributed by atoms with E-state index in [1.54, 1.807) is 0 Å². The third-order valence-electron chi connectivity index (χ3n) is 21.9. The van der Waals surface area contributed by atoms with Crippen LogP contribution in [0.2, 0.25) is 0 Å². The maximum absolute atomic E-state index is 7.87. The summed E-state index contributed by atoms with van der Waals surface area (Å²) in [7, 11) is 0. The Morgan fingerprint density at radius 1 is 0.296 bits per heavy atom. The fourth-order valence-corrected chi connectivity index (χ4v) is 16.2. The Morgan fingerprint density at radius 2 is 0.673 bits per heavy atom. The first-order valence-electron chi connectivity index (χ1n) is 35.6. The Hall–Kier alpha value is -9.38. The predicted octanol–water partition coefficient (Wildman–Crippen LogP) is 26.9. The Labute approximate surface area is 582 Å². The van der Waals surface area contributed by atoms with E-state index in [1.165, 1.54) is 66.8 Å². The molecule has 2 aliphatic carbocycles. The van der Waals surface area contributed by atoms with E-state index >= 15 is 0 Å². The first-order chi connectivity index (χ1) is 46.1. The van der Waals surface area contributed by atoms with Crippen LogP contribution in [0.15, 0.2) is 227 Å². The zero-order valence-corrected chi connectivity index (χ0v) is 61.5. The Morgan fingerprint density at radius 3 is 1.16 bits per heavy atom. The quantitative estimate of drug-likeness (QED) is 0.152. The van der Waals surface area contributed by atoms with Gasteiger partial charge in [-0.2, -0.15) is 0 Å². The molecule has 4 nitrogen and oxygen atoms in total. The lowest BCUT2D eigenvalue weighted by Crippen LogP contribution is -2.30. The summed E-state index contributed by atoms with van der Waals surface area (Å²) in [6.45, 7) is 46.5. The van der Waals surface area contributed by atoms with Crippen molar-refractivity contribution in [2.45, 2.75) is 182 Å². The maximum Gasteiger partial charge on any atom is 0.145 e. The predicted molar refractivity (Wildman–Crippen MR) is 417 cm³/mol. The summed E-state index contributed by atoms with van der Waals surface area (Å²) in [5, 5.41) is 4.32. The van der Waals surface area contributed by atoms with E-state index in [-0.39, 0.29) is 32.5 Å². The van der Waals surface area contributed by atoms with Gasteiger partial charge in [-0.3, -0.25) is 0 Å². The van der Waals surface area contributed by atoms with Crippen molar-refractivity contribution in [3.8, 4) is 22.3 Å². The second-order valence-corrected chi connectivity index (χ2v) is 35.1. The van der Waals surface area contributed by atoms with Gasteiger partial charge >= 0.3 is 0 Å². The van der Waals surface area contributed by atoms with Crippen LogP contribution in [0, 0.1) is 0 Å². The highest BCUT2D eigenvalue weighted by Gasteiger charge is 2.54. The van der Waals surface area contributed by atoms with Crippen LogP contribution in [0.25, 0.3) is 66.1 Å². The molecule has 4 heteroatoms. The van der Waals surface area contributed by atoms with Crippen LogP contribution >= 0.6 is 0 Å². The molecule has 1 atom stereocenters. The van der Waals surface area contributed by atoms with Gasteiger partial charge in [0.1, 0.15) is 22.3 Å². The van der Waals surface area contributed by atoms with E-state index in [2.05, 4.69) is 367 Å². The summed E-state index contributed by atoms with van der Waals surface area (Å²) in [5.41, 5.74) is 27.7. The highest BCUT2D eigenvalue weighted by molar-refractivity contribution is 6.21. The van der Waals surface area contributed by atoms with Crippen LogP contribution in [0.5, 0.6) is 0 Å². The van der Waals surface area contributed by atoms with E-state index in [9.17, 15) is 0 Å². The highest BCUT2D eigenvalue weighted by atomic mass is 16.3. The lowest BCUT2D eigenvalue weighted by atomic mass is 9.66.